The predicted octanol–water partition coefficient (Wildman–Crippen LogP) is 1.40. The van der Waals surface area contributed by atoms with Gasteiger partial charge in [-0.15, -0.1) is 0 Å². The Bertz CT molecular complexity index is 1290. The molecule has 1 heterocycles. The number of hydrogen-bond donors (Lipinski definition) is 2. The number of sulfonamides is 1. The van der Waals surface area contributed by atoms with Crippen molar-refractivity contribution in [2.24, 2.45) is 0 Å². The molecule has 32 heavy (non-hydrogen) atoms. The average molecular weight is 463 g/mol. The van der Waals surface area contributed by atoms with E-state index in [0.29, 0.717) is 0 Å². The second kappa shape index (κ2) is 9.78. The standard InChI is InChI=1S/C22H26N2O7S/c1-3-24(4-2)32(29,30)15-8-9-18-17(14-15)21(27)20-16(6-5-7-19(20)31-18)22(28)23(10-12-25)11-13-26/h5-9,14,25-26H,3-4,10-13H2,1-2H3. The summed E-state index contributed by atoms with van der Waals surface area (Å²) >= 11 is 0. The van der Waals surface area contributed by atoms with Crippen molar-refractivity contribution >= 4 is 37.9 Å². The van der Waals surface area contributed by atoms with Gasteiger partial charge in [0, 0.05) is 26.2 Å². The minimum atomic E-state index is -3.80. The highest BCUT2D eigenvalue weighted by atomic mass is 32.2. The zero-order valence-corrected chi connectivity index (χ0v) is 18.8. The van der Waals surface area contributed by atoms with E-state index in [-0.39, 0.29) is 71.8 Å². The van der Waals surface area contributed by atoms with E-state index in [2.05, 4.69) is 0 Å². The van der Waals surface area contributed by atoms with Crippen LogP contribution in [0.1, 0.15) is 24.2 Å². The topological polar surface area (TPSA) is 128 Å². The van der Waals surface area contributed by atoms with Crippen LogP contribution in [0.4, 0.5) is 0 Å². The van der Waals surface area contributed by atoms with Crippen molar-refractivity contribution in [2.45, 2.75) is 18.7 Å². The van der Waals surface area contributed by atoms with Crippen molar-refractivity contribution in [2.75, 3.05) is 39.4 Å². The van der Waals surface area contributed by atoms with Gasteiger partial charge in [0.1, 0.15) is 11.2 Å². The number of nitrogens with zero attached hydrogens (tertiary/aromatic N) is 2. The molecule has 1 amide bonds. The molecule has 0 radical (unpaired) electrons. The van der Waals surface area contributed by atoms with Gasteiger partial charge in [-0.1, -0.05) is 19.9 Å². The quantitative estimate of drug-likeness (QED) is 0.460. The van der Waals surface area contributed by atoms with Crippen LogP contribution in [0.5, 0.6) is 0 Å². The number of fused-ring (bicyclic) bond motifs is 2. The van der Waals surface area contributed by atoms with Crippen molar-refractivity contribution in [3.8, 4) is 0 Å². The first-order valence-corrected chi connectivity index (χ1v) is 11.7. The first-order valence-electron chi connectivity index (χ1n) is 10.3. The van der Waals surface area contributed by atoms with Gasteiger partial charge in [-0.3, -0.25) is 9.59 Å². The van der Waals surface area contributed by atoms with Crippen LogP contribution in [0.15, 0.2) is 50.5 Å². The largest absolute Gasteiger partial charge is 0.456 e. The molecule has 10 heteroatoms. The number of rotatable bonds is 9. The first-order chi connectivity index (χ1) is 15.3. The molecular weight excluding hydrogens is 436 g/mol. The summed E-state index contributed by atoms with van der Waals surface area (Å²) in [6.45, 7) is 3.39. The molecule has 0 bridgehead atoms. The normalized spacial score (nSPS) is 12.0. The number of aliphatic hydroxyl groups is 2. The SMILES string of the molecule is CCN(CC)S(=O)(=O)c1ccc2oc3cccc(C(=O)N(CCO)CCO)c3c(=O)c2c1. The van der Waals surface area contributed by atoms with Crippen molar-refractivity contribution < 1.29 is 27.8 Å². The van der Waals surface area contributed by atoms with Crippen molar-refractivity contribution in [1.29, 1.82) is 0 Å². The maximum absolute atomic E-state index is 13.4. The number of amides is 1. The first kappa shape index (κ1) is 23.9. The van der Waals surface area contributed by atoms with Crippen LogP contribution >= 0.6 is 0 Å². The van der Waals surface area contributed by atoms with Crippen LogP contribution in [-0.2, 0) is 10.0 Å². The van der Waals surface area contributed by atoms with Crippen LogP contribution in [0.2, 0.25) is 0 Å². The molecule has 1 aromatic heterocycles. The minimum Gasteiger partial charge on any atom is -0.456 e. The highest BCUT2D eigenvalue weighted by Crippen LogP contribution is 2.25. The predicted molar refractivity (Wildman–Crippen MR) is 120 cm³/mol. The Morgan fingerprint density at radius 2 is 1.66 bits per heavy atom. The highest BCUT2D eigenvalue weighted by Gasteiger charge is 2.24. The summed E-state index contributed by atoms with van der Waals surface area (Å²) in [6, 6.07) is 8.69. The van der Waals surface area contributed by atoms with Gasteiger partial charge in [-0.25, -0.2) is 8.42 Å². The van der Waals surface area contributed by atoms with Crippen LogP contribution < -0.4 is 5.43 Å². The van der Waals surface area contributed by atoms with E-state index in [9.17, 15) is 28.2 Å². The molecule has 172 valence electrons. The molecule has 0 saturated heterocycles. The summed E-state index contributed by atoms with van der Waals surface area (Å²) in [7, 11) is -3.80. The third-order valence-electron chi connectivity index (χ3n) is 5.27. The lowest BCUT2D eigenvalue weighted by molar-refractivity contribution is 0.0686. The van der Waals surface area contributed by atoms with E-state index < -0.39 is 21.4 Å². The number of carbonyl (C=O) groups excluding carboxylic acids is 1. The molecule has 2 aromatic carbocycles. The van der Waals surface area contributed by atoms with Crippen molar-refractivity contribution in [1.82, 2.24) is 9.21 Å². The summed E-state index contributed by atoms with van der Waals surface area (Å²) in [5.74, 6) is -0.544. The van der Waals surface area contributed by atoms with Crippen LogP contribution in [0.3, 0.4) is 0 Å². The average Bonchev–Trinajstić information content (AvgIpc) is 2.78. The number of carbonyl (C=O) groups is 1. The third-order valence-corrected chi connectivity index (χ3v) is 7.32. The van der Waals surface area contributed by atoms with E-state index >= 15 is 0 Å². The Morgan fingerprint density at radius 3 is 2.25 bits per heavy atom. The fraction of sp³-hybridized carbons (Fsp3) is 0.364. The summed E-state index contributed by atoms with van der Waals surface area (Å²) < 4.78 is 32.9. The van der Waals surface area contributed by atoms with Crippen molar-refractivity contribution in [3.63, 3.8) is 0 Å². The Morgan fingerprint density at radius 1 is 1.00 bits per heavy atom. The Hall–Kier alpha value is -2.79. The molecule has 0 atom stereocenters. The molecule has 0 aliphatic carbocycles. The van der Waals surface area contributed by atoms with Gasteiger partial charge in [0.05, 0.1) is 34.4 Å². The minimum absolute atomic E-state index is 0.0129. The molecule has 0 unspecified atom stereocenters. The number of hydrogen-bond acceptors (Lipinski definition) is 7. The van der Waals surface area contributed by atoms with Crippen LogP contribution in [0, 0.1) is 0 Å². The lowest BCUT2D eigenvalue weighted by Gasteiger charge is -2.21. The Labute approximate surface area is 185 Å². The summed E-state index contributed by atoms with van der Waals surface area (Å²) in [5, 5.41) is 18.5. The Balaban J connectivity index is 2.25. The fourth-order valence-corrected chi connectivity index (χ4v) is 5.14. The van der Waals surface area contributed by atoms with Gasteiger partial charge in [0.2, 0.25) is 15.5 Å². The number of benzene rings is 2. The molecular formula is C22H26N2O7S. The lowest BCUT2D eigenvalue weighted by Crippen LogP contribution is -2.36. The van der Waals surface area contributed by atoms with E-state index in [1.807, 2.05) is 0 Å². The van der Waals surface area contributed by atoms with E-state index in [1.54, 1.807) is 26.0 Å². The third kappa shape index (κ3) is 4.26. The van der Waals surface area contributed by atoms with Gasteiger partial charge < -0.3 is 19.5 Å². The zero-order valence-electron chi connectivity index (χ0n) is 17.9. The second-order valence-corrected chi connectivity index (χ2v) is 9.03. The van der Waals surface area contributed by atoms with E-state index in [0.717, 1.165) is 0 Å². The van der Waals surface area contributed by atoms with Gasteiger partial charge in [-0.2, -0.15) is 4.31 Å². The van der Waals surface area contributed by atoms with Gasteiger partial charge in [0.15, 0.2) is 0 Å². The fourth-order valence-electron chi connectivity index (χ4n) is 3.66. The molecule has 0 fully saturated rings. The molecule has 0 spiro atoms. The molecule has 3 rings (SSSR count). The Kier molecular flexibility index (Phi) is 7.29. The van der Waals surface area contributed by atoms with Gasteiger partial charge >= 0.3 is 0 Å². The molecule has 0 saturated carbocycles. The summed E-state index contributed by atoms with van der Waals surface area (Å²) in [6.07, 6.45) is 0. The molecule has 0 aliphatic rings. The smallest absolute Gasteiger partial charge is 0.254 e. The highest BCUT2D eigenvalue weighted by molar-refractivity contribution is 7.89. The molecule has 9 nitrogen and oxygen atoms in total. The molecule has 0 aliphatic heterocycles. The maximum atomic E-state index is 13.4. The summed E-state index contributed by atoms with van der Waals surface area (Å²) in [5.41, 5.74) is -0.0967. The lowest BCUT2D eigenvalue weighted by atomic mass is 10.1. The number of aliphatic hydroxyl groups excluding tert-OH is 2. The van der Waals surface area contributed by atoms with E-state index in [4.69, 9.17) is 4.42 Å². The van der Waals surface area contributed by atoms with Gasteiger partial charge in [-0.05, 0) is 30.3 Å². The van der Waals surface area contributed by atoms with Crippen LogP contribution in [0.25, 0.3) is 21.9 Å². The monoisotopic (exact) mass is 462 g/mol. The summed E-state index contributed by atoms with van der Waals surface area (Å²) in [4.78, 5) is 27.6. The molecule has 3 aromatic rings. The maximum Gasteiger partial charge on any atom is 0.254 e. The van der Waals surface area contributed by atoms with E-state index in [1.165, 1.54) is 33.5 Å². The van der Waals surface area contributed by atoms with Crippen molar-refractivity contribution in [3.05, 3.63) is 52.2 Å². The second-order valence-electron chi connectivity index (χ2n) is 7.10. The molecule has 2 N–H and O–H groups in total. The van der Waals surface area contributed by atoms with Gasteiger partial charge in [0.25, 0.3) is 5.91 Å². The zero-order chi connectivity index (χ0) is 23.5. The van der Waals surface area contributed by atoms with Crippen LogP contribution in [-0.4, -0.2) is 73.1 Å².